The summed E-state index contributed by atoms with van der Waals surface area (Å²) in [6.45, 7) is 4.40. The Hall–Kier alpha value is -1.90. The summed E-state index contributed by atoms with van der Waals surface area (Å²) in [4.78, 5) is 25.1. The largest absolute Gasteiger partial charge is 0.454 e. The van der Waals surface area contributed by atoms with Gasteiger partial charge in [-0.1, -0.05) is 0 Å². The molecule has 0 spiro atoms. The standard InChI is InChI=1S/C34H57NO24/c1-8-16(40)21(45)23(47)32(51-8)58-27-18(42)10(3)52-34(29(27)53-12(5)39)56-25-15(35-11(4)38)31(54-14(7-37)20(25)44)59-28-26(17(41)9(2)50-30(28)49)57-33-24(48)22(46)19(43)13(6-36)55-33/h8-10,13-34,36-37,40-49H,6-7H2,1-5H3,(H,35,38)/t8?,9?,10?,13?,14?,15?,16-,17-,18-,19+,20-,21?,22?,23-,24?,25+,26?,27?,28-,29-,30+,31-,32-,33+,34-/m0/s1. The van der Waals surface area contributed by atoms with Crippen LogP contribution in [0, 0.1) is 0 Å². The molecule has 0 aromatic carbocycles. The molecule has 13 N–H and O–H groups in total. The van der Waals surface area contributed by atoms with Crippen molar-refractivity contribution in [2.45, 2.75) is 188 Å². The third kappa shape index (κ3) is 10.3. The lowest BCUT2D eigenvalue weighted by Gasteiger charge is -2.50. The summed E-state index contributed by atoms with van der Waals surface area (Å²) in [7, 11) is 0. The van der Waals surface area contributed by atoms with Crippen LogP contribution in [0.25, 0.3) is 0 Å². The fourth-order valence-electron chi connectivity index (χ4n) is 7.53. The number of esters is 1. The van der Waals surface area contributed by atoms with Gasteiger partial charge in [-0.15, -0.1) is 0 Å². The molecule has 5 rings (SSSR count). The Morgan fingerprint density at radius 1 is 0.475 bits per heavy atom. The van der Waals surface area contributed by atoms with Gasteiger partial charge in [-0.25, -0.2) is 0 Å². The Morgan fingerprint density at radius 3 is 1.47 bits per heavy atom. The molecule has 59 heavy (non-hydrogen) atoms. The quantitative estimate of drug-likeness (QED) is 0.0810. The van der Waals surface area contributed by atoms with Crippen LogP contribution >= 0.6 is 0 Å². The van der Waals surface area contributed by atoms with Gasteiger partial charge in [0.05, 0.1) is 31.5 Å². The Labute approximate surface area is 336 Å². The Morgan fingerprint density at radius 2 is 0.915 bits per heavy atom. The van der Waals surface area contributed by atoms with Crippen LogP contribution in [0.15, 0.2) is 0 Å². The molecule has 1 amide bonds. The van der Waals surface area contributed by atoms with Crippen molar-refractivity contribution in [2.75, 3.05) is 13.2 Å². The molecule has 0 aliphatic carbocycles. The maximum Gasteiger partial charge on any atom is 0.303 e. The highest BCUT2D eigenvalue weighted by Gasteiger charge is 2.57. The van der Waals surface area contributed by atoms with E-state index in [4.69, 9.17) is 47.4 Å². The monoisotopic (exact) mass is 863 g/mol. The van der Waals surface area contributed by atoms with Gasteiger partial charge in [0.25, 0.3) is 0 Å². The highest BCUT2D eigenvalue weighted by atomic mass is 16.8. The van der Waals surface area contributed by atoms with Gasteiger partial charge in [-0.2, -0.15) is 0 Å². The first-order valence-corrected chi connectivity index (χ1v) is 19.1. The molecule has 0 bridgehead atoms. The lowest BCUT2D eigenvalue weighted by Crippen LogP contribution is -2.70. The van der Waals surface area contributed by atoms with Crippen LogP contribution in [-0.4, -0.2) is 240 Å². The number of hydrogen-bond donors (Lipinski definition) is 13. The summed E-state index contributed by atoms with van der Waals surface area (Å²) < 4.78 is 57.5. The minimum atomic E-state index is -1.97. The lowest BCUT2D eigenvalue weighted by molar-refractivity contribution is -0.388. The van der Waals surface area contributed by atoms with E-state index in [0.717, 1.165) is 13.8 Å². The van der Waals surface area contributed by atoms with E-state index in [2.05, 4.69) is 5.32 Å². The molecule has 5 fully saturated rings. The molecule has 25 atom stereocenters. The third-order valence-corrected chi connectivity index (χ3v) is 10.9. The van der Waals surface area contributed by atoms with Crippen molar-refractivity contribution in [3.05, 3.63) is 0 Å². The van der Waals surface area contributed by atoms with Gasteiger partial charge in [-0.05, 0) is 20.8 Å². The van der Waals surface area contributed by atoms with Gasteiger partial charge >= 0.3 is 5.97 Å². The van der Waals surface area contributed by atoms with E-state index in [9.17, 15) is 70.9 Å². The van der Waals surface area contributed by atoms with Crippen LogP contribution in [0.3, 0.4) is 0 Å². The maximum atomic E-state index is 12.7. The molecule has 11 unspecified atom stereocenters. The van der Waals surface area contributed by atoms with E-state index in [1.165, 1.54) is 20.8 Å². The summed E-state index contributed by atoms with van der Waals surface area (Å²) in [6.07, 6.45) is -40.3. The van der Waals surface area contributed by atoms with Crippen molar-refractivity contribution in [3.8, 4) is 0 Å². The maximum absolute atomic E-state index is 12.7. The molecule has 25 heteroatoms. The highest BCUT2D eigenvalue weighted by molar-refractivity contribution is 5.73. The normalized spacial score (nSPS) is 50.8. The van der Waals surface area contributed by atoms with Crippen molar-refractivity contribution in [3.63, 3.8) is 0 Å². The average molecular weight is 864 g/mol. The van der Waals surface area contributed by atoms with E-state index in [0.29, 0.717) is 0 Å². The van der Waals surface area contributed by atoms with Crippen molar-refractivity contribution in [2.24, 2.45) is 0 Å². The van der Waals surface area contributed by atoms with E-state index in [1.54, 1.807) is 0 Å². The number of rotatable bonds is 12. The molecular weight excluding hydrogens is 806 g/mol. The first kappa shape index (κ1) is 48.1. The molecule has 0 radical (unpaired) electrons. The van der Waals surface area contributed by atoms with Gasteiger partial charge in [0, 0.05) is 13.8 Å². The van der Waals surface area contributed by atoms with Crippen molar-refractivity contribution in [1.29, 1.82) is 0 Å². The number of ether oxygens (including phenoxy) is 10. The zero-order valence-electron chi connectivity index (χ0n) is 32.6. The lowest BCUT2D eigenvalue weighted by atomic mass is 9.94. The molecule has 5 saturated heterocycles. The molecule has 5 aliphatic heterocycles. The zero-order chi connectivity index (χ0) is 43.8. The average Bonchev–Trinajstić information content (AvgIpc) is 3.18. The summed E-state index contributed by atoms with van der Waals surface area (Å²) in [5.74, 6) is -1.73. The molecule has 5 aliphatic rings. The second-order valence-corrected chi connectivity index (χ2v) is 15.2. The van der Waals surface area contributed by atoms with Crippen molar-refractivity contribution >= 4 is 11.9 Å². The third-order valence-electron chi connectivity index (χ3n) is 10.9. The Bertz CT molecular complexity index is 1380. The van der Waals surface area contributed by atoms with Crippen molar-refractivity contribution in [1.82, 2.24) is 5.32 Å². The number of aliphatic hydroxyl groups excluding tert-OH is 12. The minimum Gasteiger partial charge on any atom is -0.454 e. The summed E-state index contributed by atoms with van der Waals surface area (Å²) in [5, 5.41) is 130. The van der Waals surface area contributed by atoms with Gasteiger partial charge < -0.3 is 114 Å². The Kier molecular flexibility index (Phi) is 16.4. The number of hydrogen-bond acceptors (Lipinski definition) is 24. The predicted molar refractivity (Wildman–Crippen MR) is 183 cm³/mol. The second kappa shape index (κ2) is 20.1. The summed E-state index contributed by atoms with van der Waals surface area (Å²) >= 11 is 0. The smallest absolute Gasteiger partial charge is 0.303 e. The fourth-order valence-corrected chi connectivity index (χ4v) is 7.53. The number of amides is 1. The number of nitrogens with one attached hydrogen (secondary N) is 1. The molecule has 342 valence electrons. The summed E-state index contributed by atoms with van der Waals surface area (Å²) in [5.41, 5.74) is 0. The van der Waals surface area contributed by atoms with Crippen LogP contribution in [0.4, 0.5) is 0 Å². The number of carbonyl (C=O) groups excluding carboxylic acids is 2. The van der Waals surface area contributed by atoms with E-state index < -0.39 is 179 Å². The molecule has 0 aromatic heterocycles. The molecule has 0 aromatic rings. The molecule has 0 saturated carbocycles. The fraction of sp³-hybridized carbons (Fsp3) is 0.941. The second-order valence-electron chi connectivity index (χ2n) is 15.2. The predicted octanol–water partition coefficient (Wildman–Crippen LogP) is -8.13. The van der Waals surface area contributed by atoms with Crippen LogP contribution in [-0.2, 0) is 57.0 Å². The summed E-state index contributed by atoms with van der Waals surface area (Å²) in [6, 6.07) is -1.65. The van der Waals surface area contributed by atoms with Gasteiger partial charge in [0.15, 0.2) is 37.6 Å². The van der Waals surface area contributed by atoms with Crippen LogP contribution in [0.5, 0.6) is 0 Å². The van der Waals surface area contributed by atoms with Crippen LogP contribution in [0.2, 0.25) is 0 Å². The molecule has 25 nitrogen and oxygen atoms in total. The van der Waals surface area contributed by atoms with Crippen molar-refractivity contribution < 1.29 is 118 Å². The van der Waals surface area contributed by atoms with Gasteiger partial charge in [0.2, 0.25) is 5.91 Å². The first-order valence-electron chi connectivity index (χ1n) is 19.1. The topological polar surface area (TPSA) is 381 Å². The number of aliphatic hydroxyl groups is 12. The highest BCUT2D eigenvalue weighted by Crippen LogP contribution is 2.36. The van der Waals surface area contributed by atoms with E-state index >= 15 is 0 Å². The first-order chi connectivity index (χ1) is 27.7. The molecular formula is C34H57NO24. The number of carbonyl (C=O) groups is 2. The zero-order valence-corrected chi connectivity index (χ0v) is 32.6. The van der Waals surface area contributed by atoms with E-state index in [-0.39, 0.29) is 0 Å². The van der Waals surface area contributed by atoms with Crippen LogP contribution in [0.1, 0.15) is 34.6 Å². The SMILES string of the molecule is CC(=O)NC1[C@H](O[C@H]2C(O[C@H]3OC(CO)[C@@H](O)C(O)C3O)[C@@H](O)C(C)O[C@H]2O)OC(CO)[C@H](O)[C@@H]1O[C@@H]1OC(C)[C@H](O)C(O[C@@H]2OC(C)[C@H](O)C(O)[C@@H]2O)[C@@H]1OC(C)=O. The van der Waals surface area contributed by atoms with E-state index in [1.807, 2.05) is 0 Å². The van der Waals surface area contributed by atoms with Crippen LogP contribution < -0.4 is 5.32 Å². The Balaban J connectivity index is 1.46. The van der Waals surface area contributed by atoms with Gasteiger partial charge in [-0.3, -0.25) is 9.59 Å². The molecule has 5 heterocycles. The minimum absolute atomic E-state index is 0.775. The van der Waals surface area contributed by atoms with Gasteiger partial charge in [0.1, 0.15) is 97.6 Å².